The van der Waals surface area contributed by atoms with Crippen molar-refractivity contribution in [3.8, 4) is 0 Å². The second-order valence-electron chi connectivity index (χ2n) is 9.16. The smallest absolute Gasteiger partial charge is 0.258 e. The molecule has 0 spiro atoms. The molecule has 2 bridgehead atoms. The monoisotopic (exact) mass is 411 g/mol. The molecule has 4 aliphatic rings. The molecule has 30 heavy (non-hydrogen) atoms. The van der Waals surface area contributed by atoms with Gasteiger partial charge in [0.2, 0.25) is 11.8 Å². The van der Waals surface area contributed by atoms with Crippen LogP contribution >= 0.6 is 0 Å². The summed E-state index contributed by atoms with van der Waals surface area (Å²) in [6, 6.07) is 3.08. The maximum Gasteiger partial charge on any atom is 0.258 e. The Labute approximate surface area is 175 Å². The number of aromatic nitrogens is 1. The summed E-state index contributed by atoms with van der Waals surface area (Å²) >= 11 is 0. The van der Waals surface area contributed by atoms with Gasteiger partial charge in [-0.05, 0) is 56.2 Å². The molecule has 0 unspecified atom stereocenters. The third-order valence-electron chi connectivity index (χ3n) is 7.55. The lowest BCUT2D eigenvalue weighted by atomic mass is 9.85. The van der Waals surface area contributed by atoms with Crippen LogP contribution in [0, 0.1) is 11.8 Å². The number of hydrogen-bond donors (Lipinski definition) is 2. The van der Waals surface area contributed by atoms with Crippen molar-refractivity contribution >= 4 is 17.4 Å². The lowest BCUT2D eigenvalue weighted by Crippen LogP contribution is -2.49. The van der Waals surface area contributed by atoms with Gasteiger partial charge in [-0.15, -0.1) is 0 Å². The van der Waals surface area contributed by atoms with Crippen LogP contribution in [0.4, 0.5) is 0 Å². The average Bonchev–Trinajstić information content (AvgIpc) is 3.29. The topological polar surface area (TPSA) is 91.6 Å². The molecule has 2 aliphatic carbocycles. The zero-order chi connectivity index (χ0) is 21.0. The van der Waals surface area contributed by atoms with Crippen LogP contribution in [0.25, 0.3) is 5.57 Å². The van der Waals surface area contributed by atoms with Crippen molar-refractivity contribution in [1.82, 2.24) is 14.8 Å². The highest BCUT2D eigenvalue weighted by Crippen LogP contribution is 2.48. The van der Waals surface area contributed by atoms with Crippen molar-refractivity contribution in [3.05, 3.63) is 39.8 Å². The molecule has 1 saturated carbocycles. The van der Waals surface area contributed by atoms with E-state index < -0.39 is 12.0 Å². The van der Waals surface area contributed by atoms with E-state index in [4.69, 9.17) is 0 Å². The van der Waals surface area contributed by atoms with E-state index in [1.807, 2.05) is 12.1 Å². The summed E-state index contributed by atoms with van der Waals surface area (Å²) in [5.74, 6) is -1.16. The fourth-order valence-electron chi connectivity index (χ4n) is 5.85. The van der Waals surface area contributed by atoms with E-state index in [0.29, 0.717) is 12.2 Å². The lowest BCUT2D eigenvalue weighted by Gasteiger charge is -2.38. The van der Waals surface area contributed by atoms with Gasteiger partial charge in [-0.3, -0.25) is 14.4 Å². The Hall–Kier alpha value is -2.41. The first-order chi connectivity index (χ1) is 14.5. The van der Waals surface area contributed by atoms with Crippen LogP contribution in [0.5, 0.6) is 0 Å². The number of rotatable bonds is 4. The Morgan fingerprint density at radius 1 is 1.23 bits per heavy atom. The van der Waals surface area contributed by atoms with Crippen LogP contribution in [0.1, 0.15) is 62.7 Å². The Morgan fingerprint density at radius 3 is 2.63 bits per heavy atom. The van der Waals surface area contributed by atoms with E-state index >= 15 is 0 Å². The molecule has 2 amide bonds. The van der Waals surface area contributed by atoms with Crippen LogP contribution in [0.15, 0.2) is 23.0 Å². The van der Waals surface area contributed by atoms with Crippen LogP contribution in [-0.2, 0) is 16.1 Å². The van der Waals surface area contributed by atoms with Gasteiger partial charge in [0.15, 0.2) is 0 Å². The number of hydrogen-bond acceptors (Lipinski definition) is 4. The van der Waals surface area contributed by atoms with Crippen molar-refractivity contribution in [1.29, 1.82) is 0 Å². The number of carbonyl (C=O) groups excluding carboxylic acids is 2. The summed E-state index contributed by atoms with van der Waals surface area (Å²) < 4.78 is 1.75. The molecule has 1 aromatic heterocycles. The Bertz CT molecular complexity index is 977. The molecule has 7 nitrogen and oxygen atoms in total. The first-order valence-corrected chi connectivity index (χ1v) is 11.1. The molecule has 160 valence electrons. The van der Waals surface area contributed by atoms with Gasteiger partial charge in [-0.2, -0.15) is 0 Å². The molecular formula is C23H29N3O4. The summed E-state index contributed by atoms with van der Waals surface area (Å²) in [5.41, 5.74) is 2.48. The number of fused-ring (bicyclic) bond motifs is 4. The summed E-state index contributed by atoms with van der Waals surface area (Å²) in [6.45, 7) is 1.64. The van der Waals surface area contributed by atoms with Crippen molar-refractivity contribution in [2.24, 2.45) is 11.8 Å². The maximum absolute atomic E-state index is 13.4. The highest BCUT2D eigenvalue weighted by Gasteiger charge is 2.57. The van der Waals surface area contributed by atoms with Crippen LogP contribution in [0.2, 0.25) is 0 Å². The molecule has 2 fully saturated rings. The number of nitrogens with zero attached hydrogens (tertiary/aromatic N) is 2. The van der Waals surface area contributed by atoms with Gasteiger partial charge < -0.3 is 19.9 Å². The minimum absolute atomic E-state index is 0.0457. The van der Waals surface area contributed by atoms with Crippen molar-refractivity contribution in [2.45, 2.75) is 70.1 Å². The maximum atomic E-state index is 13.4. The normalized spacial score (nSPS) is 29.9. The van der Waals surface area contributed by atoms with Gasteiger partial charge >= 0.3 is 0 Å². The van der Waals surface area contributed by atoms with E-state index in [1.165, 1.54) is 6.92 Å². The Morgan fingerprint density at radius 2 is 2.03 bits per heavy atom. The first-order valence-electron chi connectivity index (χ1n) is 11.1. The average molecular weight is 412 g/mol. The fourth-order valence-corrected chi connectivity index (χ4v) is 5.85. The zero-order valence-electron chi connectivity index (χ0n) is 17.3. The van der Waals surface area contributed by atoms with Crippen LogP contribution < -0.4 is 10.9 Å². The third-order valence-corrected chi connectivity index (χ3v) is 7.55. The van der Waals surface area contributed by atoms with Gasteiger partial charge in [0.1, 0.15) is 0 Å². The number of pyridine rings is 1. The van der Waals surface area contributed by atoms with Crippen molar-refractivity contribution in [2.75, 3.05) is 6.61 Å². The quantitative estimate of drug-likeness (QED) is 0.787. The zero-order valence-corrected chi connectivity index (χ0v) is 17.3. The largest absolute Gasteiger partial charge is 0.396 e. The van der Waals surface area contributed by atoms with Gasteiger partial charge in [0, 0.05) is 43.3 Å². The Balaban J connectivity index is 1.59. The van der Waals surface area contributed by atoms with E-state index in [-0.39, 0.29) is 42.0 Å². The van der Waals surface area contributed by atoms with Crippen molar-refractivity contribution < 1.29 is 14.7 Å². The summed E-state index contributed by atoms with van der Waals surface area (Å²) in [7, 11) is 0. The molecule has 2 N–H and O–H groups in total. The van der Waals surface area contributed by atoms with Gasteiger partial charge in [-0.1, -0.05) is 6.08 Å². The highest BCUT2D eigenvalue weighted by molar-refractivity contribution is 5.84. The molecule has 4 atom stereocenters. The molecule has 1 aromatic rings. The molecule has 0 radical (unpaired) electrons. The molecule has 2 aliphatic heterocycles. The molecule has 3 heterocycles. The predicted molar refractivity (Wildman–Crippen MR) is 111 cm³/mol. The summed E-state index contributed by atoms with van der Waals surface area (Å²) in [4.78, 5) is 40.9. The molecule has 0 aromatic carbocycles. The molecule has 7 heteroatoms. The molecular weight excluding hydrogens is 382 g/mol. The molecule has 1 saturated heterocycles. The minimum atomic E-state index is -0.547. The number of carbonyl (C=O) groups is 2. The van der Waals surface area contributed by atoms with E-state index in [0.717, 1.165) is 49.7 Å². The van der Waals surface area contributed by atoms with Crippen LogP contribution in [0.3, 0.4) is 0 Å². The van der Waals surface area contributed by atoms with Gasteiger partial charge in [0.25, 0.3) is 5.56 Å². The number of allylic oxidation sites excluding steroid dienone is 2. The highest BCUT2D eigenvalue weighted by atomic mass is 16.3. The fraction of sp³-hybridized carbons (Fsp3) is 0.609. The van der Waals surface area contributed by atoms with Gasteiger partial charge in [-0.25, -0.2) is 0 Å². The lowest BCUT2D eigenvalue weighted by molar-refractivity contribution is -0.134. The van der Waals surface area contributed by atoms with E-state index in [9.17, 15) is 19.5 Å². The van der Waals surface area contributed by atoms with Crippen molar-refractivity contribution in [3.63, 3.8) is 0 Å². The van der Waals surface area contributed by atoms with E-state index in [1.54, 1.807) is 9.47 Å². The summed E-state index contributed by atoms with van der Waals surface area (Å²) in [6.07, 6.45) is 8.16. The number of amides is 2. The first kappa shape index (κ1) is 19.5. The number of aliphatic hydroxyl groups excluding tert-OH is 1. The number of aliphatic hydroxyl groups is 1. The predicted octanol–water partition coefficient (Wildman–Crippen LogP) is 1.59. The van der Waals surface area contributed by atoms with E-state index in [2.05, 4.69) is 11.4 Å². The SMILES string of the molecule is CC(=O)N1[C@@H]2c3ccc(C4=CCCC4)c(=O)n3C[C@H]1[C@H](CO)[C@H]2C(=O)NC1CCC1. The molecule has 5 rings (SSSR count). The van der Waals surface area contributed by atoms with Gasteiger partial charge in [0.05, 0.1) is 18.0 Å². The standard InChI is InChI=1S/C23H29N3O4/c1-13(28)26-19-11-25-18(10-9-16(23(25)30)14-5-2-3-6-14)21(26)20(17(19)12-27)22(29)24-15-7-4-8-15/h5,9-10,15,17,19-21,27H,2-4,6-8,11-12H2,1H3,(H,24,29)/t17-,19-,20+,21+/m0/s1. The number of nitrogens with one attached hydrogen (secondary N) is 1. The van der Waals surface area contributed by atoms with Crippen LogP contribution in [-0.4, -0.2) is 45.1 Å². The second-order valence-corrected chi connectivity index (χ2v) is 9.16. The minimum Gasteiger partial charge on any atom is -0.396 e. The summed E-state index contributed by atoms with van der Waals surface area (Å²) in [5, 5.41) is 13.3. The third kappa shape index (κ3) is 2.86. The Kier molecular flexibility index (Phi) is 4.81. The second kappa shape index (κ2) is 7.38.